The predicted molar refractivity (Wildman–Crippen MR) is 107 cm³/mol. The van der Waals surface area contributed by atoms with Crippen LogP contribution in [0.1, 0.15) is 38.7 Å². The summed E-state index contributed by atoms with van der Waals surface area (Å²) >= 11 is 0. The first-order valence-electron chi connectivity index (χ1n) is 10.3. The summed E-state index contributed by atoms with van der Waals surface area (Å²) in [7, 11) is 0. The SMILES string of the molecule is C[C@H]1CCC2C(OC(=O)C23CC(c2cccc([N+](=O)[O-])c2)=NO3)[C@]2(C)C(=O)C=C[C@@]12O. The molecule has 9 heteroatoms. The highest BCUT2D eigenvalue weighted by Crippen LogP contribution is 2.59. The quantitative estimate of drug-likeness (QED) is 0.436. The first-order chi connectivity index (χ1) is 14.6. The minimum absolute atomic E-state index is 0.0820. The molecule has 1 saturated heterocycles. The lowest BCUT2D eigenvalue weighted by molar-refractivity contribution is -0.384. The van der Waals surface area contributed by atoms with Gasteiger partial charge in [-0.1, -0.05) is 24.2 Å². The third-order valence-corrected chi connectivity index (χ3v) is 7.75. The van der Waals surface area contributed by atoms with Crippen LogP contribution >= 0.6 is 0 Å². The molecule has 2 heterocycles. The third kappa shape index (κ3) is 2.38. The van der Waals surface area contributed by atoms with Crippen molar-refractivity contribution in [3.8, 4) is 0 Å². The highest BCUT2D eigenvalue weighted by atomic mass is 16.7. The zero-order valence-electron chi connectivity index (χ0n) is 17.1. The number of carbonyl (C=O) groups is 2. The maximum Gasteiger partial charge on any atom is 0.354 e. The lowest BCUT2D eigenvalue weighted by atomic mass is 9.63. The Morgan fingerprint density at radius 3 is 2.81 bits per heavy atom. The molecule has 1 spiro atoms. The number of oxime groups is 1. The second-order valence-electron chi connectivity index (χ2n) is 9.14. The van der Waals surface area contributed by atoms with Crippen LogP contribution in [0.2, 0.25) is 0 Å². The molecule has 5 rings (SSSR count). The van der Waals surface area contributed by atoms with Gasteiger partial charge in [0.15, 0.2) is 5.78 Å². The highest BCUT2D eigenvalue weighted by Gasteiger charge is 2.73. The Morgan fingerprint density at radius 1 is 1.29 bits per heavy atom. The number of nitrogens with zero attached hydrogens (tertiary/aromatic N) is 2. The fourth-order valence-electron chi connectivity index (χ4n) is 5.75. The summed E-state index contributed by atoms with van der Waals surface area (Å²) in [5.41, 5.74) is -3.33. The molecule has 0 amide bonds. The van der Waals surface area contributed by atoms with Crippen molar-refractivity contribution in [2.75, 3.05) is 0 Å². The van der Waals surface area contributed by atoms with E-state index in [9.17, 15) is 24.8 Å². The van der Waals surface area contributed by atoms with Gasteiger partial charge in [-0.05, 0) is 37.8 Å². The summed E-state index contributed by atoms with van der Waals surface area (Å²) in [6, 6.07) is 5.99. The number of nitro benzene ring substituents is 1. The number of nitro groups is 1. The van der Waals surface area contributed by atoms with Gasteiger partial charge in [0.05, 0.1) is 16.6 Å². The number of esters is 1. The number of hydrogen-bond acceptors (Lipinski definition) is 8. The van der Waals surface area contributed by atoms with Gasteiger partial charge in [0.2, 0.25) is 5.60 Å². The van der Waals surface area contributed by atoms with Crippen LogP contribution in [0.15, 0.2) is 41.6 Å². The van der Waals surface area contributed by atoms with Gasteiger partial charge in [-0.25, -0.2) is 4.79 Å². The fourth-order valence-corrected chi connectivity index (χ4v) is 5.75. The summed E-state index contributed by atoms with van der Waals surface area (Å²) in [6.45, 7) is 3.54. The number of aliphatic hydroxyl groups is 1. The molecule has 1 aromatic carbocycles. The molecule has 2 fully saturated rings. The zero-order valence-corrected chi connectivity index (χ0v) is 17.1. The summed E-state index contributed by atoms with van der Waals surface area (Å²) in [4.78, 5) is 42.4. The van der Waals surface area contributed by atoms with Crippen LogP contribution in [-0.2, 0) is 19.2 Å². The molecular weight excluding hydrogens is 404 g/mol. The first kappa shape index (κ1) is 19.9. The predicted octanol–water partition coefficient (Wildman–Crippen LogP) is 2.31. The van der Waals surface area contributed by atoms with E-state index in [1.165, 1.54) is 24.3 Å². The summed E-state index contributed by atoms with van der Waals surface area (Å²) in [5, 5.41) is 26.7. The summed E-state index contributed by atoms with van der Waals surface area (Å²) in [6.07, 6.45) is 3.20. The van der Waals surface area contributed by atoms with Gasteiger partial charge in [0.1, 0.15) is 17.1 Å². The minimum atomic E-state index is -1.42. The number of ether oxygens (including phenoxy) is 1. The van der Waals surface area contributed by atoms with Crippen molar-refractivity contribution in [2.45, 2.75) is 50.4 Å². The van der Waals surface area contributed by atoms with Gasteiger partial charge in [-0.2, -0.15) is 0 Å². The Kier molecular flexibility index (Phi) is 3.99. The van der Waals surface area contributed by atoms with E-state index in [1.807, 2.05) is 6.92 Å². The normalized spacial score (nSPS) is 40.7. The largest absolute Gasteiger partial charge is 0.458 e. The van der Waals surface area contributed by atoms with Crippen LogP contribution in [-0.4, -0.2) is 44.8 Å². The van der Waals surface area contributed by atoms with E-state index in [0.717, 1.165) is 0 Å². The second-order valence-corrected chi connectivity index (χ2v) is 9.14. The number of benzene rings is 1. The van der Waals surface area contributed by atoms with Crippen molar-refractivity contribution in [1.82, 2.24) is 0 Å². The Morgan fingerprint density at radius 2 is 2.06 bits per heavy atom. The number of non-ortho nitro benzene ring substituents is 1. The van der Waals surface area contributed by atoms with Gasteiger partial charge < -0.3 is 14.7 Å². The van der Waals surface area contributed by atoms with Gasteiger partial charge in [-0.15, -0.1) is 0 Å². The molecule has 1 aromatic rings. The summed E-state index contributed by atoms with van der Waals surface area (Å²) < 4.78 is 5.76. The van der Waals surface area contributed by atoms with Crippen molar-refractivity contribution in [3.05, 3.63) is 52.1 Å². The second kappa shape index (κ2) is 6.23. The molecular formula is C22H22N2O7. The monoisotopic (exact) mass is 426 g/mol. The van der Waals surface area contributed by atoms with Crippen LogP contribution in [0, 0.1) is 27.4 Å². The van der Waals surface area contributed by atoms with Gasteiger partial charge >= 0.3 is 5.97 Å². The molecule has 3 unspecified atom stereocenters. The van der Waals surface area contributed by atoms with Gasteiger partial charge in [-0.3, -0.25) is 14.9 Å². The molecule has 4 aliphatic rings. The highest BCUT2D eigenvalue weighted by molar-refractivity contribution is 6.06. The molecule has 0 aromatic heterocycles. The third-order valence-electron chi connectivity index (χ3n) is 7.75. The van der Waals surface area contributed by atoms with E-state index < -0.39 is 39.5 Å². The van der Waals surface area contributed by atoms with Crippen molar-refractivity contribution in [3.63, 3.8) is 0 Å². The van der Waals surface area contributed by atoms with Crippen molar-refractivity contribution < 1.29 is 29.2 Å². The average Bonchev–Trinajstić information content (AvgIpc) is 3.37. The van der Waals surface area contributed by atoms with E-state index in [1.54, 1.807) is 19.1 Å². The summed E-state index contributed by atoms with van der Waals surface area (Å²) in [5.74, 6) is -1.61. The number of carbonyl (C=O) groups excluding carboxylic acids is 2. The van der Waals surface area contributed by atoms with E-state index in [0.29, 0.717) is 24.1 Å². The number of fused-ring (bicyclic) bond motifs is 4. The van der Waals surface area contributed by atoms with Crippen LogP contribution in [0.5, 0.6) is 0 Å². The smallest absolute Gasteiger partial charge is 0.354 e. The maximum absolute atomic E-state index is 13.1. The van der Waals surface area contributed by atoms with Crippen molar-refractivity contribution in [1.29, 1.82) is 0 Å². The molecule has 1 N–H and O–H groups in total. The molecule has 6 atom stereocenters. The number of allylic oxidation sites excluding steroid dienone is 1. The van der Waals surface area contributed by atoms with Gasteiger partial charge in [0, 0.05) is 24.1 Å². The fraction of sp³-hybridized carbons (Fsp3) is 0.500. The number of hydrogen-bond donors (Lipinski definition) is 1. The molecule has 0 radical (unpaired) electrons. The molecule has 162 valence electrons. The van der Waals surface area contributed by atoms with Gasteiger partial charge in [0.25, 0.3) is 5.69 Å². The molecule has 2 aliphatic heterocycles. The molecule has 2 aliphatic carbocycles. The maximum atomic E-state index is 13.1. The number of ketones is 1. The van der Waals surface area contributed by atoms with Crippen LogP contribution in [0.3, 0.4) is 0 Å². The minimum Gasteiger partial charge on any atom is -0.458 e. The molecule has 31 heavy (non-hydrogen) atoms. The van der Waals surface area contributed by atoms with Crippen LogP contribution in [0.25, 0.3) is 0 Å². The molecule has 0 bridgehead atoms. The standard InChI is InChI=1S/C22H22N2O7/c1-12-6-7-15-18(20(2)17(25)8-9-22(12,20)27)30-19(26)21(15)11-16(23-31-21)13-4-3-5-14(10-13)24(28)29/h3-5,8-10,12,15,18,27H,6-7,11H2,1-2H3/t12-,15?,18?,20-,21?,22+/m0/s1. The topological polar surface area (TPSA) is 128 Å². The van der Waals surface area contributed by atoms with E-state index in [4.69, 9.17) is 9.57 Å². The van der Waals surface area contributed by atoms with E-state index >= 15 is 0 Å². The molecule has 1 saturated carbocycles. The lowest BCUT2D eigenvalue weighted by Crippen LogP contribution is -2.57. The lowest BCUT2D eigenvalue weighted by Gasteiger charge is -2.43. The van der Waals surface area contributed by atoms with Crippen LogP contribution in [0.4, 0.5) is 5.69 Å². The Balaban J connectivity index is 1.52. The first-order valence-corrected chi connectivity index (χ1v) is 10.3. The Hall–Kier alpha value is -3.07. The molecule has 9 nitrogen and oxygen atoms in total. The van der Waals surface area contributed by atoms with Crippen molar-refractivity contribution in [2.24, 2.45) is 22.4 Å². The zero-order chi connectivity index (χ0) is 22.2. The Bertz CT molecular complexity index is 1080. The van der Waals surface area contributed by atoms with Crippen LogP contribution < -0.4 is 0 Å². The van der Waals surface area contributed by atoms with E-state index in [-0.39, 0.29) is 23.8 Å². The van der Waals surface area contributed by atoms with Crippen molar-refractivity contribution >= 4 is 23.2 Å². The average molecular weight is 426 g/mol. The van der Waals surface area contributed by atoms with E-state index in [2.05, 4.69) is 5.16 Å². The Labute approximate surface area is 177 Å². The number of rotatable bonds is 2.